The maximum atomic E-state index is 12.1. The van der Waals surface area contributed by atoms with Gasteiger partial charge in [0.05, 0.1) is 0 Å². The van der Waals surface area contributed by atoms with Crippen LogP contribution in [0.1, 0.15) is 87.9 Å². The second kappa shape index (κ2) is 17.8. The van der Waals surface area contributed by atoms with Crippen LogP contribution in [0.4, 0.5) is 5.69 Å². The summed E-state index contributed by atoms with van der Waals surface area (Å²) in [7, 11) is 0. The van der Waals surface area contributed by atoms with E-state index in [9.17, 15) is 4.79 Å². The first-order valence-corrected chi connectivity index (χ1v) is 12.2. The van der Waals surface area contributed by atoms with E-state index in [1.54, 1.807) is 0 Å². The predicted molar refractivity (Wildman–Crippen MR) is 127 cm³/mol. The number of allylic oxidation sites excluding steroid dienone is 2. The van der Waals surface area contributed by atoms with Gasteiger partial charge in [0.25, 0.3) is 5.91 Å². The van der Waals surface area contributed by atoms with Crippen molar-refractivity contribution in [3.8, 4) is 0 Å². The lowest BCUT2D eigenvalue weighted by Crippen LogP contribution is -2.24. The molecule has 1 aromatic carbocycles. The Bertz CT molecular complexity index is 545. The monoisotopic (exact) mass is 450 g/mol. The first kappa shape index (κ1) is 24.7. The number of halogens is 1. The van der Waals surface area contributed by atoms with Gasteiger partial charge in [0.2, 0.25) is 0 Å². The molecule has 158 valence electrons. The maximum Gasteiger partial charge on any atom is 0.251 e. The summed E-state index contributed by atoms with van der Waals surface area (Å²) in [6.45, 7) is 3.90. The SMILES string of the molecule is CCCCCCCCCC=CCCCNc1cccc(C(=O)NCCCBr)c1. The van der Waals surface area contributed by atoms with Crippen LogP contribution in [0.5, 0.6) is 0 Å². The Balaban J connectivity index is 2.08. The lowest BCUT2D eigenvalue weighted by Gasteiger charge is -2.08. The fourth-order valence-corrected chi connectivity index (χ4v) is 3.33. The van der Waals surface area contributed by atoms with Crippen LogP contribution in [0.25, 0.3) is 0 Å². The Morgan fingerprint density at radius 3 is 2.39 bits per heavy atom. The fraction of sp³-hybridized carbons (Fsp3) is 0.625. The second-order valence-electron chi connectivity index (χ2n) is 7.33. The molecule has 0 saturated heterocycles. The summed E-state index contributed by atoms with van der Waals surface area (Å²) < 4.78 is 0. The summed E-state index contributed by atoms with van der Waals surface area (Å²) in [5.41, 5.74) is 1.73. The number of nitrogens with one attached hydrogen (secondary N) is 2. The molecule has 1 rings (SSSR count). The Morgan fingerprint density at radius 1 is 0.929 bits per heavy atom. The van der Waals surface area contributed by atoms with Crippen LogP contribution in [0, 0.1) is 0 Å². The highest BCUT2D eigenvalue weighted by atomic mass is 79.9. The van der Waals surface area contributed by atoms with E-state index in [-0.39, 0.29) is 5.91 Å². The summed E-state index contributed by atoms with van der Waals surface area (Å²) in [5, 5.41) is 7.27. The highest BCUT2D eigenvalue weighted by Crippen LogP contribution is 2.11. The molecule has 0 aliphatic rings. The molecular weight excluding hydrogens is 412 g/mol. The third kappa shape index (κ3) is 13.0. The molecule has 3 nitrogen and oxygen atoms in total. The third-order valence-corrected chi connectivity index (χ3v) is 5.30. The normalized spacial score (nSPS) is 11.1. The summed E-state index contributed by atoms with van der Waals surface area (Å²) in [4.78, 5) is 12.1. The Labute approximate surface area is 180 Å². The molecule has 0 heterocycles. The lowest BCUT2D eigenvalue weighted by atomic mass is 10.1. The van der Waals surface area contributed by atoms with Gasteiger partial charge in [0.15, 0.2) is 0 Å². The van der Waals surface area contributed by atoms with Crippen LogP contribution < -0.4 is 10.6 Å². The Morgan fingerprint density at radius 2 is 1.64 bits per heavy atom. The fourth-order valence-electron chi connectivity index (χ4n) is 3.05. The van der Waals surface area contributed by atoms with Crippen LogP contribution >= 0.6 is 15.9 Å². The van der Waals surface area contributed by atoms with Crippen molar-refractivity contribution in [2.45, 2.75) is 77.6 Å². The average Bonchev–Trinajstić information content (AvgIpc) is 2.72. The van der Waals surface area contributed by atoms with E-state index in [0.717, 1.165) is 36.8 Å². The van der Waals surface area contributed by atoms with E-state index < -0.39 is 0 Å². The van der Waals surface area contributed by atoms with E-state index in [2.05, 4.69) is 45.6 Å². The third-order valence-electron chi connectivity index (χ3n) is 4.74. The number of unbranched alkanes of at least 4 members (excludes halogenated alkanes) is 8. The van der Waals surface area contributed by atoms with Crippen molar-refractivity contribution in [3.05, 3.63) is 42.0 Å². The quantitative estimate of drug-likeness (QED) is 0.151. The first-order chi connectivity index (χ1) is 13.8. The molecule has 0 aliphatic carbocycles. The highest BCUT2D eigenvalue weighted by Gasteiger charge is 2.05. The topological polar surface area (TPSA) is 41.1 Å². The van der Waals surface area contributed by atoms with Crippen molar-refractivity contribution in [3.63, 3.8) is 0 Å². The van der Waals surface area contributed by atoms with Crippen LogP contribution in [0.15, 0.2) is 36.4 Å². The maximum absolute atomic E-state index is 12.1. The van der Waals surface area contributed by atoms with Crippen molar-refractivity contribution < 1.29 is 4.79 Å². The zero-order chi connectivity index (χ0) is 20.3. The zero-order valence-electron chi connectivity index (χ0n) is 17.6. The van der Waals surface area contributed by atoms with Gasteiger partial charge in [-0.3, -0.25) is 4.79 Å². The molecule has 1 amide bonds. The lowest BCUT2D eigenvalue weighted by molar-refractivity contribution is 0.0954. The number of alkyl halides is 1. The van der Waals surface area contributed by atoms with Gasteiger partial charge >= 0.3 is 0 Å². The van der Waals surface area contributed by atoms with Crippen LogP contribution in [0.3, 0.4) is 0 Å². The van der Waals surface area contributed by atoms with Crippen molar-refractivity contribution in [1.29, 1.82) is 0 Å². The number of rotatable bonds is 17. The minimum atomic E-state index is -0.00195. The molecule has 0 aromatic heterocycles. The first-order valence-electron chi connectivity index (χ1n) is 11.1. The largest absolute Gasteiger partial charge is 0.385 e. The van der Waals surface area contributed by atoms with E-state index in [0.29, 0.717) is 12.1 Å². The minimum absolute atomic E-state index is 0.00195. The van der Waals surface area contributed by atoms with Gasteiger partial charge in [-0.05, 0) is 50.3 Å². The number of amides is 1. The number of benzene rings is 1. The molecule has 0 aliphatic heterocycles. The molecule has 0 saturated carbocycles. The van der Waals surface area contributed by atoms with Crippen molar-refractivity contribution in [2.24, 2.45) is 0 Å². The van der Waals surface area contributed by atoms with Crippen molar-refractivity contribution in [1.82, 2.24) is 5.32 Å². The molecule has 2 N–H and O–H groups in total. The predicted octanol–water partition coefficient (Wildman–Crippen LogP) is 7.09. The summed E-state index contributed by atoms with van der Waals surface area (Å²) in [6, 6.07) is 7.75. The van der Waals surface area contributed by atoms with E-state index >= 15 is 0 Å². The molecule has 0 bridgehead atoms. The minimum Gasteiger partial charge on any atom is -0.385 e. The standard InChI is InChI=1S/C24H39BrN2O/c1-2-3-4-5-6-7-8-9-10-11-12-13-19-26-23-17-14-16-22(21-23)24(28)27-20-15-18-25/h10-11,14,16-17,21,26H,2-9,12-13,15,18-20H2,1H3,(H,27,28). The molecule has 0 fully saturated rings. The molecule has 0 radical (unpaired) electrons. The van der Waals surface area contributed by atoms with Gasteiger partial charge in [0, 0.05) is 29.7 Å². The number of carbonyl (C=O) groups is 1. The molecule has 1 aromatic rings. The molecule has 0 spiro atoms. The van der Waals surface area contributed by atoms with Gasteiger partial charge in [-0.2, -0.15) is 0 Å². The van der Waals surface area contributed by atoms with Gasteiger partial charge in [-0.15, -0.1) is 0 Å². The Hall–Kier alpha value is -1.29. The van der Waals surface area contributed by atoms with Crippen LogP contribution in [-0.4, -0.2) is 24.3 Å². The van der Waals surface area contributed by atoms with Crippen molar-refractivity contribution in [2.75, 3.05) is 23.7 Å². The van der Waals surface area contributed by atoms with E-state index in [1.165, 1.54) is 51.4 Å². The van der Waals surface area contributed by atoms with Gasteiger partial charge in [-0.25, -0.2) is 0 Å². The molecule has 0 atom stereocenters. The molecule has 4 heteroatoms. The van der Waals surface area contributed by atoms with Gasteiger partial charge in [-0.1, -0.05) is 79.6 Å². The number of hydrogen-bond acceptors (Lipinski definition) is 2. The average molecular weight is 451 g/mol. The molecular formula is C24H39BrN2O. The van der Waals surface area contributed by atoms with Crippen LogP contribution in [0.2, 0.25) is 0 Å². The summed E-state index contributed by atoms with van der Waals surface area (Å²) >= 11 is 3.37. The summed E-state index contributed by atoms with van der Waals surface area (Å²) in [5.74, 6) is -0.00195. The smallest absolute Gasteiger partial charge is 0.251 e. The Kier molecular flexibility index (Phi) is 15.7. The second-order valence-corrected chi connectivity index (χ2v) is 8.12. The van der Waals surface area contributed by atoms with Gasteiger partial charge in [0.1, 0.15) is 0 Å². The zero-order valence-corrected chi connectivity index (χ0v) is 19.2. The highest BCUT2D eigenvalue weighted by molar-refractivity contribution is 9.09. The number of anilines is 1. The molecule has 0 unspecified atom stereocenters. The molecule has 28 heavy (non-hydrogen) atoms. The van der Waals surface area contributed by atoms with Gasteiger partial charge < -0.3 is 10.6 Å². The van der Waals surface area contributed by atoms with E-state index in [1.807, 2.05) is 24.3 Å². The summed E-state index contributed by atoms with van der Waals surface area (Å²) in [6.07, 6.45) is 18.6. The number of hydrogen-bond donors (Lipinski definition) is 2. The number of carbonyl (C=O) groups excluding carboxylic acids is 1. The van der Waals surface area contributed by atoms with E-state index in [4.69, 9.17) is 0 Å². The van der Waals surface area contributed by atoms with Crippen LogP contribution in [-0.2, 0) is 0 Å². The van der Waals surface area contributed by atoms with Crippen molar-refractivity contribution >= 4 is 27.5 Å².